The molecule has 0 heterocycles. The first-order valence-electron chi connectivity index (χ1n) is 5.53. The van der Waals surface area contributed by atoms with E-state index in [1.165, 1.54) is 25.7 Å². The van der Waals surface area contributed by atoms with Gasteiger partial charge in [0.05, 0.1) is 6.10 Å². The van der Waals surface area contributed by atoms with Crippen molar-refractivity contribution in [2.24, 2.45) is 5.92 Å². The van der Waals surface area contributed by atoms with Crippen molar-refractivity contribution >= 4 is 0 Å². The minimum Gasteiger partial charge on any atom is -0.393 e. The van der Waals surface area contributed by atoms with Gasteiger partial charge in [-0.15, -0.1) is 0 Å². The van der Waals surface area contributed by atoms with Crippen molar-refractivity contribution in [3.63, 3.8) is 0 Å². The molecule has 0 radical (unpaired) electrons. The highest BCUT2D eigenvalue weighted by Crippen LogP contribution is 2.07. The predicted molar refractivity (Wildman–Crippen MR) is 58.7 cm³/mol. The van der Waals surface area contributed by atoms with Crippen molar-refractivity contribution in [1.82, 2.24) is 0 Å². The molecule has 0 aliphatic carbocycles. The lowest BCUT2D eigenvalue weighted by Gasteiger charge is -2.08. The topological polar surface area (TPSA) is 20.2 Å². The molecule has 0 aliphatic heterocycles. The van der Waals surface area contributed by atoms with Crippen LogP contribution in [0.4, 0.5) is 0 Å². The van der Waals surface area contributed by atoms with Gasteiger partial charge in [0.2, 0.25) is 0 Å². The fraction of sp³-hybridized carbons (Fsp3) is 0.833. The molecule has 0 saturated carbocycles. The van der Waals surface area contributed by atoms with Gasteiger partial charge < -0.3 is 5.11 Å². The van der Waals surface area contributed by atoms with E-state index >= 15 is 0 Å². The van der Waals surface area contributed by atoms with Crippen LogP contribution in [0, 0.1) is 5.92 Å². The average molecular weight is 184 g/mol. The first-order valence-corrected chi connectivity index (χ1v) is 5.53. The minimum absolute atomic E-state index is 0.216. The van der Waals surface area contributed by atoms with Gasteiger partial charge in [-0.05, 0) is 25.7 Å². The van der Waals surface area contributed by atoms with Gasteiger partial charge in [0.15, 0.2) is 0 Å². The summed E-state index contributed by atoms with van der Waals surface area (Å²) in [5, 5.41) is 9.21. The SMILES string of the molecule is CCCCCC/C=C\[C@H](C)[C@@H](C)O. The first-order chi connectivity index (χ1) is 6.18. The molecule has 0 aromatic heterocycles. The van der Waals surface area contributed by atoms with Crippen LogP contribution >= 0.6 is 0 Å². The van der Waals surface area contributed by atoms with E-state index in [1.54, 1.807) is 0 Å². The Morgan fingerprint density at radius 2 is 1.85 bits per heavy atom. The maximum atomic E-state index is 9.21. The molecule has 0 fully saturated rings. The molecule has 1 heteroatoms. The van der Waals surface area contributed by atoms with Crippen molar-refractivity contribution in [2.45, 2.75) is 59.0 Å². The first kappa shape index (κ1) is 12.7. The van der Waals surface area contributed by atoms with Gasteiger partial charge in [-0.1, -0.05) is 45.3 Å². The van der Waals surface area contributed by atoms with E-state index in [0.717, 1.165) is 6.42 Å². The molecule has 2 atom stereocenters. The lowest BCUT2D eigenvalue weighted by Crippen LogP contribution is -2.09. The van der Waals surface area contributed by atoms with E-state index in [-0.39, 0.29) is 6.10 Å². The fourth-order valence-corrected chi connectivity index (χ4v) is 1.16. The summed E-state index contributed by atoms with van der Waals surface area (Å²) in [6.45, 7) is 6.12. The lowest BCUT2D eigenvalue weighted by molar-refractivity contribution is 0.157. The molecular formula is C12H24O. The van der Waals surface area contributed by atoms with Crippen molar-refractivity contribution in [3.05, 3.63) is 12.2 Å². The maximum absolute atomic E-state index is 9.21. The Morgan fingerprint density at radius 1 is 1.15 bits per heavy atom. The van der Waals surface area contributed by atoms with Gasteiger partial charge in [0.1, 0.15) is 0 Å². The summed E-state index contributed by atoms with van der Waals surface area (Å²) in [7, 11) is 0. The Kier molecular flexibility index (Phi) is 8.11. The lowest BCUT2D eigenvalue weighted by atomic mass is 10.0. The third-order valence-electron chi connectivity index (χ3n) is 2.42. The molecule has 0 bridgehead atoms. The number of unbranched alkanes of at least 4 members (excludes halogenated alkanes) is 4. The molecule has 0 amide bonds. The number of hydrogen-bond donors (Lipinski definition) is 1. The molecule has 0 unspecified atom stereocenters. The molecule has 1 N–H and O–H groups in total. The van der Waals surface area contributed by atoms with Gasteiger partial charge in [0, 0.05) is 0 Å². The average Bonchev–Trinajstić information content (AvgIpc) is 2.10. The zero-order valence-corrected chi connectivity index (χ0v) is 9.29. The normalized spacial score (nSPS) is 16.3. The van der Waals surface area contributed by atoms with Crippen LogP contribution in [0.2, 0.25) is 0 Å². The van der Waals surface area contributed by atoms with Crippen LogP contribution in [0.25, 0.3) is 0 Å². The fourth-order valence-electron chi connectivity index (χ4n) is 1.16. The summed E-state index contributed by atoms with van der Waals surface area (Å²) in [5.41, 5.74) is 0. The Bertz CT molecular complexity index is 127. The summed E-state index contributed by atoms with van der Waals surface area (Å²) >= 11 is 0. The summed E-state index contributed by atoms with van der Waals surface area (Å²) < 4.78 is 0. The zero-order valence-electron chi connectivity index (χ0n) is 9.29. The number of rotatable bonds is 7. The van der Waals surface area contributed by atoms with Crippen molar-refractivity contribution < 1.29 is 5.11 Å². The molecule has 0 rings (SSSR count). The Morgan fingerprint density at radius 3 is 2.38 bits per heavy atom. The number of allylic oxidation sites excluding steroid dienone is 1. The van der Waals surface area contributed by atoms with Crippen LogP contribution in [0.3, 0.4) is 0 Å². The summed E-state index contributed by atoms with van der Waals surface area (Å²) in [5.74, 6) is 0.297. The van der Waals surface area contributed by atoms with E-state index in [4.69, 9.17) is 0 Å². The minimum atomic E-state index is -0.216. The van der Waals surface area contributed by atoms with Crippen molar-refractivity contribution in [3.8, 4) is 0 Å². The van der Waals surface area contributed by atoms with Gasteiger partial charge in [-0.25, -0.2) is 0 Å². The third kappa shape index (κ3) is 8.04. The molecule has 1 nitrogen and oxygen atoms in total. The van der Waals surface area contributed by atoms with Crippen LogP contribution in [0.15, 0.2) is 12.2 Å². The largest absolute Gasteiger partial charge is 0.393 e. The number of hydrogen-bond acceptors (Lipinski definition) is 1. The summed E-state index contributed by atoms with van der Waals surface area (Å²) in [6.07, 6.45) is 10.5. The smallest absolute Gasteiger partial charge is 0.0572 e. The van der Waals surface area contributed by atoms with Crippen molar-refractivity contribution in [1.29, 1.82) is 0 Å². The predicted octanol–water partition coefficient (Wildman–Crippen LogP) is 3.53. The van der Waals surface area contributed by atoms with E-state index < -0.39 is 0 Å². The number of aliphatic hydroxyl groups is 1. The van der Waals surface area contributed by atoms with Gasteiger partial charge in [-0.3, -0.25) is 0 Å². The molecule has 0 saturated heterocycles. The molecule has 0 aromatic rings. The second-order valence-corrected chi connectivity index (χ2v) is 3.88. The van der Waals surface area contributed by atoms with Crippen LogP contribution < -0.4 is 0 Å². The Hall–Kier alpha value is -0.300. The van der Waals surface area contributed by atoms with Gasteiger partial charge >= 0.3 is 0 Å². The number of aliphatic hydroxyl groups excluding tert-OH is 1. The second-order valence-electron chi connectivity index (χ2n) is 3.88. The summed E-state index contributed by atoms with van der Waals surface area (Å²) in [4.78, 5) is 0. The van der Waals surface area contributed by atoms with Gasteiger partial charge in [0.25, 0.3) is 0 Å². The van der Waals surface area contributed by atoms with Crippen molar-refractivity contribution in [2.75, 3.05) is 0 Å². The van der Waals surface area contributed by atoms with E-state index in [0.29, 0.717) is 5.92 Å². The third-order valence-corrected chi connectivity index (χ3v) is 2.42. The van der Waals surface area contributed by atoms with E-state index in [9.17, 15) is 5.11 Å². The molecule has 78 valence electrons. The summed E-state index contributed by atoms with van der Waals surface area (Å²) in [6, 6.07) is 0. The molecule has 13 heavy (non-hydrogen) atoms. The Labute approximate surface area is 82.9 Å². The van der Waals surface area contributed by atoms with Gasteiger partial charge in [-0.2, -0.15) is 0 Å². The molecule has 0 spiro atoms. The van der Waals surface area contributed by atoms with Crippen LogP contribution in [0.5, 0.6) is 0 Å². The highest BCUT2D eigenvalue weighted by Gasteiger charge is 2.02. The van der Waals surface area contributed by atoms with Crippen LogP contribution in [-0.2, 0) is 0 Å². The highest BCUT2D eigenvalue weighted by molar-refractivity contribution is 4.88. The maximum Gasteiger partial charge on any atom is 0.0572 e. The zero-order chi connectivity index (χ0) is 10.1. The standard InChI is InChI=1S/C12H24O/c1-4-5-6-7-8-9-10-11(2)12(3)13/h9-13H,4-8H2,1-3H3/b10-9-/t11-,12+/m0/s1. The Balaban J connectivity index is 3.30. The van der Waals surface area contributed by atoms with E-state index in [2.05, 4.69) is 19.1 Å². The quantitative estimate of drug-likeness (QED) is 0.474. The van der Waals surface area contributed by atoms with Crippen LogP contribution in [0.1, 0.15) is 52.9 Å². The second kappa shape index (κ2) is 8.31. The van der Waals surface area contributed by atoms with Crippen LogP contribution in [-0.4, -0.2) is 11.2 Å². The molecular weight excluding hydrogens is 160 g/mol. The molecule has 0 aliphatic rings. The highest BCUT2D eigenvalue weighted by atomic mass is 16.3. The van der Waals surface area contributed by atoms with E-state index in [1.807, 2.05) is 13.8 Å². The molecule has 0 aromatic carbocycles. The monoisotopic (exact) mass is 184 g/mol.